The topological polar surface area (TPSA) is 73.9 Å². The lowest BCUT2D eigenvalue weighted by atomic mass is 10.1. The highest BCUT2D eigenvalue weighted by molar-refractivity contribution is 5.80. The number of methoxy groups -OCH3 is 1. The average Bonchev–Trinajstić information content (AvgIpc) is 2.62. The largest absolute Gasteiger partial charge is 0.497 e. The molecule has 2 aromatic carbocycles. The fourth-order valence-corrected chi connectivity index (χ4v) is 2.34. The van der Waals surface area contributed by atoms with Crippen molar-refractivity contribution >= 4 is 11.9 Å². The second kappa shape index (κ2) is 9.46. The van der Waals surface area contributed by atoms with E-state index in [1.165, 1.54) is 0 Å². The van der Waals surface area contributed by atoms with Crippen LogP contribution in [0.3, 0.4) is 0 Å². The first-order chi connectivity index (χ1) is 12.5. The van der Waals surface area contributed by atoms with Crippen LogP contribution in [-0.4, -0.2) is 32.2 Å². The lowest BCUT2D eigenvalue weighted by molar-refractivity contribution is -0.150. The van der Waals surface area contributed by atoms with Crippen molar-refractivity contribution in [3.8, 4) is 11.5 Å². The third-order valence-corrected chi connectivity index (χ3v) is 3.56. The van der Waals surface area contributed by atoms with E-state index >= 15 is 0 Å². The van der Waals surface area contributed by atoms with Gasteiger partial charge in [0, 0.05) is 6.54 Å². The SMILES string of the molecule is COc1ccc(CNC(=O)COC(=O)COc2cc(C)cc(C)c2)cc1. The summed E-state index contributed by atoms with van der Waals surface area (Å²) in [4.78, 5) is 23.4. The molecule has 0 saturated carbocycles. The summed E-state index contributed by atoms with van der Waals surface area (Å²) in [6.45, 7) is 3.66. The van der Waals surface area contributed by atoms with E-state index in [1.807, 2.05) is 56.3 Å². The molecule has 138 valence electrons. The van der Waals surface area contributed by atoms with Gasteiger partial charge in [0.1, 0.15) is 11.5 Å². The predicted molar refractivity (Wildman–Crippen MR) is 97.2 cm³/mol. The van der Waals surface area contributed by atoms with E-state index in [4.69, 9.17) is 14.2 Å². The van der Waals surface area contributed by atoms with E-state index < -0.39 is 5.97 Å². The van der Waals surface area contributed by atoms with Crippen LogP contribution in [0.1, 0.15) is 16.7 Å². The quantitative estimate of drug-likeness (QED) is 0.735. The summed E-state index contributed by atoms with van der Waals surface area (Å²) in [5.41, 5.74) is 3.01. The van der Waals surface area contributed by atoms with Crippen molar-refractivity contribution in [2.24, 2.45) is 0 Å². The van der Waals surface area contributed by atoms with Gasteiger partial charge < -0.3 is 19.5 Å². The van der Waals surface area contributed by atoms with Crippen molar-refractivity contribution in [1.29, 1.82) is 0 Å². The molecule has 0 spiro atoms. The summed E-state index contributed by atoms with van der Waals surface area (Å²) in [7, 11) is 1.59. The number of hydrogen-bond donors (Lipinski definition) is 1. The Kier molecular flexibility index (Phi) is 7.02. The maximum Gasteiger partial charge on any atom is 0.344 e. The van der Waals surface area contributed by atoms with E-state index in [2.05, 4.69) is 5.32 Å². The zero-order valence-electron chi connectivity index (χ0n) is 15.2. The van der Waals surface area contributed by atoms with Gasteiger partial charge in [-0.25, -0.2) is 4.79 Å². The van der Waals surface area contributed by atoms with Crippen LogP contribution in [0.15, 0.2) is 42.5 Å². The van der Waals surface area contributed by atoms with Gasteiger partial charge in [-0.2, -0.15) is 0 Å². The number of esters is 1. The number of nitrogens with one attached hydrogen (secondary N) is 1. The Hall–Kier alpha value is -3.02. The molecule has 2 aromatic rings. The molecule has 0 unspecified atom stereocenters. The molecule has 26 heavy (non-hydrogen) atoms. The maximum absolute atomic E-state index is 11.8. The number of carbonyl (C=O) groups excluding carboxylic acids is 2. The third kappa shape index (κ3) is 6.47. The van der Waals surface area contributed by atoms with Crippen molar-refractivity contribution in [3.05, 3.63) is 59.2 Å². The molecular formula is C20H23NO5. The van der Waals surface area contributed by atoms with E-state index in [0.29, 0.717) is 12.3 Å². The van der Waals surface area contributed by atoms with Gasteiger partial charge in [0.2, 0.25) is 0 Å². The van der Waals surface area contributed by atoms with E-state index in [1.54, 1.807) is 7.11 Å². The number of benzene rings is 2. The highest BCUT2D eigenvalue weighted by atomic mass is 16.6. The zero-order valence-corrected chi connectivity index (χ0v) is 15.2. The van der Waals surface area contributed by atoms with Crippen LogP contribution in [0.25, 0.3) is 0 Å². The van der Waals surface area contributed by atoms with Crippen LogP contribution in [0.2, 0.25) is 0 Å². The van der Waals surface area contributed by atoms with Crippen molar-refractivity contribution in [2.75, 3.05) is 20.3 Å². The molecule has 2 rings (SSSR count). The molecule has 6 nitrogen and oxygen atoms in total. The van der Waals surface area contributed by atoms with Crippen LogP contribution >= 0.6 is 0 Å². The van der Waals surface area contributed by atoms with Crippen molar-refractivity contribution < 1.29 is 23.8 Å². The maximum atomic E-state index is 11.8. The van der Waals surface area contributed by atoms with Gasteiger partial charge in [0.25, 0.3) is 5.91 Å². The summed E-state index contributed by atoms with van der Waals surface area (Å²) in [5, 5.41) is 2.68. The minimum atomic E-state index is -0.594. The molecule has 1 amide bonds. The number of aryl methyl sites for hydroxylation is 2. The van der Waals surface area contributed by atoms with Gasteiger partial charge in [-0.05, 0) is 54.8 Å². The number of carbonyl (C=O) groups is 2. The standard InChI is InChI=1S/C20H23NO5/c1-14-8-15(2)10-18(9-14)25-13-20(23)26-12-19(22)21-11-16-4-6-17(24-3)7-5-16/h4-10H,11-13H2,1-3H3,(H,21,22). The van der Waals surface area contributed by atoms with Crippen molar-refractivity contribution in [1.82, 2.24) is 5.32 Å². The summed E-state index contributed by atoms with van der Waals surface area (Å²) in [6, 6.07) is 13.0. The van der Waals surface area contributed by atoms with Gasteiger partial charge in [-0.3, -0.25) is 4.79 Å². The molecule has 0 atom stereocenters. The minimum absolute atomic E-state index is 0.241. The molecule has 0 radical (unpaired) electrons. The van der Waals surface area contributed by atoms with Gasteiger partial charge in [0.05, 0.1) is 7.11 Å². The fraction of sp³-hybridized carbons (Fsp3) is 0.300. The zero-order chi connectivity index (χ0) is 18.9. The van der Waals surface area contributed by atoms with Crippen LogP contribution in [0, 0.1) is 13.8 Å². The molecule has 0 aliphatic carbocycles. The molecule has 0 aliphatic heterocycles. The molecule has 0 aliphatic rings. The average molecular weight is 357 g/mol. The lowest BCUT2D eigenvalue weighted by Gasteiger charge is -2.09. The highest BCUT2D eigenvalue weighted by Crippen LogP contribution is 2.16. The molecule has 0 fully saturated rings. The van der Waals surface area contributed by atoms with E-state index in [0.717, 1.165) is 22.4 Å². The second-order valence-corrected chi connectivity index (χ2v) is 5.90. The lowest BCUT2D eigenvalue weighted by Crippen LogP contribution is -2.29. The smallest absolute Gasteiger partial charge is 0.344 e. The number of rotatable bonds is 8. The molecule has 1 N–H and O–H groups in total. The van der Waals surface area contributed by atoms with Crippen molar-refractivity contribution in [3.63, 3.8) is 0 Å². The monoisotopic (exact) mass is 357 g/mol. The molecule has 0 bridgehead atoms. The number of amides is 1. The van der Waals surface area contributed by atoms with Gasteiger partial charge in [-0.1, -0.05) is 18.2 Å². The molecule has 0 aromatic heterocycles. The Morgan fingerprint density at radius 2 is 1.58 bits per heavy atom. The van der Waals surface area contributed by atoms with Crippen LogP contribution in [-0.2, 0) is 20.9 Å². The normalized spacial score (nSPS) is 10.1. The Balaban J connectivity index is 1.68. The third-order valence-electron chi connectivity index (χ3n) is 3.56. The summed E-state index contributed by atoms with van der Waals surface area (Å²) < 4.78 is 15.4. The summed E-state index contributed by atoms with van der Waals surface area (Å²) in [6.07, 6.45) is 0. The molecule has 0 saturated heterocycles. The Bertz CT molecular complexity index is 735. The van der Waals surface area contributed by atoms with E-state index in [9.17, 15) is 9.59 Å². The van der Waals surface area contributed by atoms with Crippen LogP contribution in [0.5, 0.6) is 11.5 Å². The minimum Gasteiger partial charge on any atom is -0.497 e. The molecule has 0 heterocycles. The molecular weight excluding hydrogens is 334 g/mol. The van der Waals surface area contributed by atoms with Crippen LogP contribution in [0.4, 0.5) is 0 Å². The van der Waals surface area contributed by atoms with E-state index in [-0.39, 0.29) is 19.1 Å². The predicted octanol–water partition coefficient (Wildman–Crippen LogP) is 2.55. The molecule has 6 heteroatoms. The van der Waals surface area contributed by atoms with Crippen molar-refractivity contribution in [2.45, 2.75) is 20.4 Å². The Labute approximate surface area is 153 Å². The first-order valence-corrected chi connectivity index (χ1v) is 8.22. The van der Waals surface area contributed by atoms with Gasteiger partial charge >= 0.3 is 5.97 Å². The second-order valence-electron chi connectivity index (χ2n) is 5.90. The van der Waals surface area contributed by atoms with Gasteiger partial charge in [-0.15, -0.1) is 0 Å². The summed E-state index contributed by atoms with van der Waals surface area (Å²) in [5.74, 6) is 0.380. The number of ether oxygens (including phenoxy) is 3. The summed E-state index contributed by atoms with van der Waals surface area (Å²) >= 11 is 0. The fourth-order valence-electron chi connectivity index (χ4n) is 2.34. The number of hydrogen-bond acceptors (Lipinski definition) is 5. The Morgan fingerprint density at radius 3 is 2.19 bits per heavy atom. The van der Waals surface area contributed by atoms with Gasteiger partial charge in [0.15, 0.2) is 13.2 Å². The first-order valence-electron chi connectivity index (χ1n) is 8.22. The first kappa shape index (κ1) is 19.3. The van der Waals surface area contributed by atoms with Crippen LogP contribution < -0.4 is 14.8 Å². The highest BCUT2D eigenvalue weighted by Gasteiger charge is 2.09. The Morgan fingerprint density at radius 1 is 0.923 bits per heavy atom.